The first-order valence-electron chi connectivity index (χ1n) is 6.96. The summed E-state index contributed by atoms with van der Waals surface area (Å²) in [6.07, 6.45) is 1.76. The summed E-state index contributed by atoms with van der Waals surface area (Å²) in [7, 11) is 0. The van der Waals surface area contributed by atoms with Crippen LogP contribution in [-0.4, -0.2) is 29.1 Å². The fourth-order valence-corrected chi connectivity index (χ4v) is 3.30. The minimum absolute atomic E-state index is 0.323. The molecule has 7 heteroatoms. The van der Waals surface area contributed by atoms with E-state index in [-0.39, 0.29) is 5.97 Å². The predicted octanol–water partition coefficient (Wildman–Crippen LogP) is 4.04. The van der Waals surface area contributed by atoms with Crippen molar-refractivity contribution in [3.05, 3.63) is 15.6 Å². The van der Waals surface area contributed by atoms with Crippen LogP contribution in [0.2, 0.25) is 5.15 Å². The number of nitrogens with one attached hydrogen (secondary N) is 1. The zero-order valence-corrected chi connectivity index (χ0v) is 13.9. The van der Waals surface area contributed by atoms with Gasteiger partial charge in [-0.1, -0.05) is 25.4 Å². The molecule has 2 heterocycles. The molecule has 2 aromatic rings. The lowest BCUT2D eigenvalue weighted by molar-refractivity contribution is 0.0510. The molecule has 5 nitrogen and oxygen atoms in total. The van der Waals surface area contributed by atoms with E-state index in [1.807, 2.05) is 13.8 Å². The average Bonchev–Trinajstić information content (AvgIpc) is 2.80. The molecule has 1 N–H and O–H groups in total. The van der Waals surface area contributed by atoms with Gasteiger partial charge in [-0.25, -0.2) is 14.8 Å². The van der Waals surface area contributed by atoms with Crippen molar-refractivity contribution in [2.24, 2.45) is 0 Å². The quantitative estimate of drug-likeness (QED) is 0.640. The third kappa shape index (κ3) is 3.44. The van der Waals surface area contributed by atoms with Crippen LogP contribution in [0.4, 0.5) is 5.95 Å². The fourth-order valence-electron chi connectivity index (χ4n) is 1.86. The molecule has 114 valence electrons. The molecule has 0 saturated heterocycles. The van der Waals surface area contributed by atoms with Crippen LogP contribution >= 0.6 is 22.9 Å². The molecule has 0 atom stereocenters. The van der Waals surface area contributed by atoms with Crippen molar-refractivity contribution in [1.82, 2.24) is 9.97 Å². The minimum atomic E-state index is -0.323. The molecule has 0 spiro atoms. The first-order chi connectivity index (χ1) is 10.1. The normalized spacial score (nSPS) is 10.9. The van der Waals surface area contributed by atoms with Crippen molar-refractivity contribution in [2.45, 2.75) is 33.6 Å². The second kappa shape index (κ2) is 7.04. The molecule has 0 aliphatic heterocycles. The van der Waals surface area contributed by atoms with Gasteiger partial charge in [0.25, 0.3) is 0 Å². The summed E-state index contributed by atoms with van der Waals surface area (Å²) < 4.78 is 5.19. The zero-order chi connectivity index (χ0) is 15.4. The van der Waals surface area contributed by atoms with E-state index in [9.17, 15) is 4.79 Å². The monoisotopic (exact) mass is 327 g/mol. The van der Waals surface area contributed by atoms with E-state index < -0.39 is 0 Å². The Bertz CT molecular complexity index is 657. The highest BCUT2D eigenvalue weighted by Crippen LogP contribution is 2.34. The molecule has 2 rings (SSSR count). The highest BCUT2D eigenvalue weighted by Gasteiger charge is 2.20. The summed E-state index contributed by atoms with van der Waals surface area (Å²) in [6.45, 7) is 7.05. The lowest BCUT2D eigenvalue weighted by atomic mass is 10.2. The molecular formula is C14H18ClN3O2S. The second-order valence-corrected chi connectivity index (χ2v) is 5.99. The Labute approximate surface area is 132 Å². The van der Waals surface area contributed by atoms with E-state index in [4.69, 9.17) is 16.3 Å². The molecule has 0 bridgehead atoms. The van der Waals surface area contributed by atoms with Crippen molar-refractivity contribution >= 4 is 45.1 Å². The molecule has 21 heavy (non-hydrogen) atoms. The maximum absolute atomic E-state index is 12.0. The van der Waals surface area contributed by atoms with E-state index in [1.54, 1.807) is 0 Å². The van der Waals surface area contributed by atoms with Crippen molar-refractivity contribution in [3.63, 3.8) is 0 Å². The lowest BCUT2D eigenvalue weighted by Gasteiger charge is -2.03. The molecular weight excluding hydrogens is 310 g/mol. The molecule has 0 aliphatic carbocycles. The Morgan fingerprint density at radius 2 is 2.10 bits per heavy atom. The maximum Gasteiger partial charge on any atom is 0.348 e. The molecule has 0 fully saturated rings. The number of ether oxygens (including phenoxy) is 1. The zero-order valence-electron chi connectivity index (χ0n) is 12.3. The molecule has 2 aromatic heterocycles. The molecule has 0 amide bonds. The third-order valence-corrected chi connectivity index (χ3v) is 4.34. The third-order valence-electron chi connectivity index (χ3n) is 2.90. The van der Waals surface area contributed by atoms with Crippen molar-refractivity contribution in [3.8, 4) is 0 Å². The number of anilines is 1. The van der Waals surface area contributed by atoms with Gasteiger partial charge in [-0.2, -0.15) is 0 Å². The number of hydrogen-bond donors (Lipinski definition) is 1. The number of carbonyl (C=O) groups excluding carboxylic acids is 1. The number of rotatable bonds is 6. The molecule has 0 aromatic carbocycles. The minimum Gasteiger partial charge on any atom is -0.462 e. The fraction of sp³-hybridized carbons (Fsp3) is 0.500. The van der Waals surface area contributed by atoms with Gasteiger partial charge < -0.3 is 10.1 Å². The molecule has 0 aliphatic rings. The summed E-state index contributed by atoms with van der Waals surface area (Å²) in [5.41, 5.74) is 0.781. The highest BCUT2D eigenvalue weighted by molar-refractivity contribution is 7.20. The van der Waals surface area contributed by atoms with Crippen LogP contribution in [0, 0.1) is 6.92 Å². The summed E-state index contributed by atoms with van der Waals surface area (Å²) in [5, 5.41) is 4.20. The van der Waals surface area contributed by atoms with E-state index in [0.29, 0.717) is 27.4 Å². The Balaban J connectivity index is 2.40. The van der Waals surface area contributed by atoms with Crippen LogP contribution in [0.5, 0.6) is 0 Å². The number of aromatic nitrogens is 2. The van der Waals surface area contributed by atoms with Crippen LogP contribution in [0.15, 0.2) is 0 Å². The number of hydrogen-bond acceptors (Lipinski definition) is 6. The molecule has 0 unspecified atom stereocenters. The topological polar surface area (TPSA) is 64.1 Å². The largest absolute Gasteiger partial charge is 0.462 e. The van der Waals surface area contributed by atoms with E-state index in [2.05, 4.69) is 22.2 Å². The van der Waals surface area contributed by atoms with E-state index >= 15 is 0 Å². The average molecular weight is 328 g/mol. The van der Waals surface area contributed by atoms with Gasteiger partial charge >= 0.3 is 5.97 Å². The molecule has 0 radical (unpaired) electrons. The molecule has 0 saturated carbocycles. The van der Waals surface area contributed by atoms with E-state index in [0.717, 1.165) is 30.3 Å². The van der Waals surface area contributed by atoms with Crippen LogP contribution in [0.3, 0.4) is 0 Å². The number of nitrogens with zero attached hydrogens (tertiary/aromatic N) is 2. The lowest BCUT2D eigenvalue weighted by Crippen LogP contribution is -2.05. The number of fused-ring (bicyclic) bond motifs is 1. The summed E-state index contributed by atoms with van der Waals surface area (Å²) in [4.78, 5) is 21.9. The predicted molar refractivity (Wildman–Crippen MR) is 86.5 cm³/mol. The van der Waals surface area contributed by atoms with Crippen molar-refractivity contribution in [1.29, 1.82) is 0 Å². The van der Waals surface area contributed by atoms with E-state index in [1.165, 1.54) is 11.3 Å². The van der Waals surface area contributed by atoms with Crippen molar-refractivity contribution in [2.75, 3.05) is 18.5 Å². The van der Waals surface area contributed by atoms with Crippen LogP contribution < -0.4 is 5.32 Å². The van der Waals surface area contributed by atoms with Crippen LogP contribution in [0.1, 0.15) is 41.9 Å². The smallest absolute Gasteiger partial charge is 0.348 e. The Hall–Kier alpha value is -1.40. The van der Waals surface area contributed by atoms with Gasteiger partial charge in [0.15, 0.2) is 0 Å². The first-order valence-corrected chi connectivity index (χ1v) is 8.15. The Morgan fingerprint density at radius 3 is 2.76 bits per heavy atom. The van der Waals surface area contributed by atoms with Gasteiger partial charge in [-0.05, 0) is 25.3 Å². The van der Waals surface area contributed by atoms with Crippen LogP contribution in [-0.2, 0) is 4.74 Å². The van der Waals surface area contributed by atoms with Gasteiger partial charge in [0, 0.05) is 6.54 Å². The van der Waals surface area contributed by atoms with Gasteiger partial charge in [-0.15, -0.1) is 11.3 Å². The number of aryl methyl sites for hydroxylation is 1. The van der Waals surface area contributed by atoms with Gasteiger partial charge in [0.1, 0.15) is 14.9 Å². The summed E-state index contributed by atoms with van der Waals surface area (Å²) in [5.74, 6) is 0.167. The van der Waals surface area contributed by atoms with Gasteiger partial charge in [0.05, 0.1) is 12.0 Å². The summed E-state index contributed by atoms with van der Waals surface area (Å²) in [6, 6.07) is 0. The Morgan fingerprint density at radius 1 is 1.33 bits per heavy atom. The number of thiophene rings is 1. The second-order valence-electron chi connectivity index (χ2n) is 4.64. The SMILES string of the molecule is CCCNc1nc(Cl)c2c(C)c(C(=O)OCCC)sc2n1. The van der Waals surface area contributed by atoms with Gasteiger partial charge in [0.2, 0.25) is 5.95 Å². The maximum atomic E-state index is 12.0. The standard InChI is InChI=1S/C14H18ClN3O2S/c1-4-6-16-14-17-11(15)9-8(3)10(21-12(9)18-14)13(19)20-7-5-2/h4-7H2,1-3H3,(H,16,17,18). The Kier molecular flexibility index (Phi) is 5.36. The number of carbonyl (C=O) groups is 1. The summed E-state index contributed by atoms with van der Waals surface area (Å²) >= 11 is 7.53. The number of esters is 1. The van der Waals surface area contributed by atoms with Crippen LogP contribution in [0.25, 0.3) is 10.2 Å². The highest BCUT2D eigenvalue weighted by atomic mass is 35.5. The van der Waals surface area contributed by atoms with Crippen molar-refractivity contribution < 1.29 is 9.53 Å². The first kappa shape index (κ1) is 16.0. The van der Waals surface area contributed by atoms with Gasteiger partial charge in [-0.3, -0.25) is 0 Å². The number of halogens is 1.